The van der Waals surface area contributed by atoms with Gasteiger partial charge in [-0.25, -0.2) is 9.78 Å². The summed E-state index contributed by atoms with van der Waals surface area (Å²) in [6.07, 6.45) is 3.73. The van der Waals surface area contributed by atoms with E-state index in [1.807, 2.05) is 0 Å². The average Bonchev–Trinajstić information content (AvgIpc) is 3.13. The third-order valence-corrected chi connectivity index (χ3v) is 5.60. The number of anilines is 2. The molecule has 1 fully saturated rings. The molecule has 3 aromatic heterocycles. The van der Waals surface area contributed by atoms with E-state index >= 15 is 0 Å². The number of benzene rings is 1. The number of aromatic amines is 1. The molecule has 0 spiro atoms. The van der Waals surface area contributed by atoms with Crippen LogP contribution in [0.15, 0.2) is 63.2 Å². The Balaban J connectivity index is 1.37. The van der Waals surface area contributed by atoms with Crippen molar-refractivity contribution in [2.75, 3.05) is 18.4 Å². The summed E-state index contributed by atoms with van der Waals surface area (Å²) in [4.78, 5) is 48.7. The maximum Gasteiger partial charge on any atom is 0.417 e. The van der Waals surface area contributed by atoms with Gasteiger partial charge in [0.15, 0.2) is 5.58 Å². The Kier molecular flexibility index (Phi) is 4.81. The van der Waals surface area contributed by atoms with Gasteiger partial charge in [-0.15, -0.1) is 0 Å². The number of nitrogens with one attached hydrogen (secondary N) is 2. The zero-order valence-corrected chi connectivity index (χ0v) is 17.1. The second kappa shape index (κ2) is 7.80. The minimum absolute atomic E-state index is 0.0656. The van der Waals surface area contributed by atoms with Crippen molar-refractivity contribution >= 4 is 39.7 Å². The quantitative estimate of drug-likeness (QED) is 0.446. The maximum atomic E-state index is 12.5. The van der Waals surface area contributed by atoms with Crippen molar-refractivity contribution in [3.05, 3.63) is 70.1 Å². The Morgan fingerprint density at radius 1 is 1.28 bits per heavy atom. The van der Waals surface area contributed by atoms with E-state index < -0.39 is 5.76 Å². The number of amides is 1. The molecule has 162 valence electrons. The molecule has 1 aliphatic heterocycles. The summed E-state index contributed by atoms with van der Waals surface area (Å²) < 4.78 is 6.72. The van der Waals surface area contributed by atoms with Gasteiger partial charge in [0.2, 0.25) is 11.9 Å². The molecular formula is C22H20N6O4. The zero-order valence-electron chi connectivity index (χ0n) is 17.1. The van der Waals surface area contributed by atoms with E-state index in [2.05, 4.69) is 26.8 Å². The number of carbonyl (C=O) groups is 1. The zero-order chi connectivity index (χ0) is 22.2. The van der Waals surface area contributed by atoms with Crippen LogP contribution in [-0.4, -0.2) is 43.4 Å². The highest BCUT2D eigenvalue weighted by molar-refractivity contribution is 5.87. The topological polar surface area (TPSA) is 126 Å². The monoisotopic (exact) mass is 432 g/mol. The summed E-state index contributed by atoms with van der Waals surface area (Å²) in [5.74, 6) is 0.0689. The van der Waals surface area contributed by atoms with Crippen LogP contribution in [0.2, 0.25) is 0 Å². The van der Waals surface area contributed by atoms with Crippen LogP contribution in [-0.2, 0) is 11.3 Å². The maximum absolute atomic E-state index is 12.5. The molecule has 0 unspecified atom stereocenters. The highest BCUT2D eigenvalue weighted by atomic mass is 16.4. The van der Waals surface area contributed by atoms with E-state index in [1.165, 1.54) is 12.1 Å². The van der Waals surface area contributed by atoms with Crippen molar-refractivity contribution in [3.63, 3.8) is 0 Å². The molecule has 1 aromatic carbocycles. The van der Waals surface area contributed by atoms with Crippen molar-refractivity contribution in [1.29, 1.82) is 0 Å². The first-order valence-electron chi connectivity index (χ1n) is 10.2. The fourth-order valence-corrected chi connectivity index (χ4v) is 3.87. The Morgan fingerprint density at radius 3 is 2.94 bits per heavy atom. The number of nitrogens with zero attached hydrogens (tertiary/aromatic N) is 4. The van der Waals surface area contributed by atoms with Gasteiger partial charge in [-0.3, -0.25) is 19.1 Å². The normalized spacial score (nSPS) is 13.9. The minimum atomic E-state index is -0.522. The Labute approximate surface area is 181 Å². The SMILES string of the molecule is C=CC(=O)N1CC(CCn2c(=O)ccc3cnc(Nc4ccc5[nH]c(=O)oc5c4)nc32)C1. The molecular weight excluding hydrogens is 412 g/mol. The molecule has 0 radical (unpaired) electrons. The third-order valence-electron chi connectivity index (χ3n) is 5.60. The van der Waals surface area contributed by atoms with E-state index in [9.17, 15) is 14.4 Å². The first kappa shape index (κ1) is 19.7. The molecule has 10 nitrogen and oxygen atoms in total. The largest absolute Gasteiger partial charge is 0.417 e. The fourth-order valence-electron chi connectivity index (χ4n) is 3.87. The summed E-state index contributed by atoms with van der Waals surface area (Å²) in [6, 6.07) is 8.37. The number of likely N-dealkylation sites (tertiary alicyclic amines) is 1. The Morgan fingerprint density at radius 2 is 2.12 bits per heavy atom. The minimum Gasteiger partial charge on any atom is -0.408 e. The first-order valence-corrected chi connectivity index (χ1v) is 10.2. The molecule has 0 bridgehead atoms. The number of hydrogen-bond donors (Lipinski definition) is 2. The lowest BCUT2D eigenvalue weighted by Crippen LogP contribution is -2.49. The smallest absolute Gasteiger partial charge is 0.408 e. The molecule has 0 aliphatic carbocycles. The molecule has 10 heteroatoms. The van der Waals surface area contributed by atoms with Crippen LogP contribution >= 0.6 is 0 Å². The average molecular weight is 432 g/mol. The summed E-state index contributed by atoms with van der Waals surface area (Å²) >= 11 is 0. The summed E-state index contributed by atoms with van der Waals surface area (Å²) in [5, 5.41) is 3.84. The van der Waals surface area contributed by atoms with Crippen LogP contribution in [0.3, 0.4) is 0 Å². The molecule has 32 heavy (non-hydrogen) atoms. The number of aryl methyl sites for hydroxylation is 1. The molecule has 5 rings (SSSR count). The van der Waals surface area contributed by atoms with Gasteiger partial charge < -0.3 is 14.6 Å². The van der Waals surface area contributed by atoms with Crippen molar-refractivity contribution < 1.29 is 9.21 Å². The van der Waals surface area contributed by atoms with Gasteiger partial charge in [0.05, 0.1) is 5.52 Å². The molecule has 0 saturated carbocycles. The van der Waals surface area contributed by atoms with Crippen LogP contribution in [0.1, 0.15) is 6.42 Å². The van der Waals surface area contributed by atoms with Crippen LogP contribution in [0.25, 0.3) is 22.1 Å². The highest BCUT2D eigenvalue weighted by Crippen LogP contribution is 2.22. The predicted octanol–water partition coefficient (Wildman–Crippen LogP) is 2.00. The Hall–Kier alpha value is -4.21. The number of fused-ring (bicyclic) bond motifs is 2. The van der Waals surface area contributed by atoms with E-state index in [0.717, 1.165) is 11.8 Å². The van der Waals surface area contributed by atoms with Gasteiger partial charge in [0.25, 0.3) is 5.56 Å². The number of H-pyrrole nitrogens is 1. The van der Waals surface area contributed by atoms with Crippen LogP contribution in [0, 0.1) is 5.92 Å². The summed E-state index contributed by atoms with van der Waals surface area (Å²) in [6.45, 7) is 5.34. The summed E-state index contributed by atoms with van der Waals surface area (Å²) in [7, 11) is 0. The highest BCUT2D eigenvalue weighted by Gasteiger charge is 2.28. The van der Waals surface area contributed by atoms with Gasteiger partial charge in [0, 0.05) is 49.0 Å². The van der Waals surface area contributed by atoms with Crippen LogP contribution in [0.4, 0.5) is 11.6 Å². The van der Waals surface area contributed by atoms with Crippen LogP contribution < -0.4 is 16.6 Å². The second-order valence-corrected chi connectivity index (χ2v) is 7.75. The third kappa shape index (κ3) is 3.66. The molecule has 1 saturated heterocycles. The van der Waals surface area contributed by atoms with E-state index in [-0.39, 0.29) is 11.5 Å². The Bertz CT molecular complexity index is 1460. The molecule has 4 aromatic rings. The van der Waals surface area contributed by atoms with Gasteiger partial charge in [0.1, 0.15) is 5.65 Å². The van der Waals surface area contributed by atoms with Crippen molar-refractivity contribution in [2.24, 2.45) is 5.92 Å². The van der Waals surface area contributed by atoms with Gasteiger partial charge >= 0.3 is 5.76 Å². The van der Waals surface area contributed by atoms with E-state index in [1.54, 1.807) is 39.9 Å². The van der Waals surface area contributed by atoms with Crippen molar-refractivity contribution in [2.45, 2.75) is 13.0 Å². The fraction of sp³-hybridized carbons (Fsp3) is 0.227. The number of hydrogen-bond acceptors (Lipinski definition) is 7. The molecule has 2 N–H and O–H groups in total. The number of carbonyl (C=O) groups excluding carboxylic acids is 1. The summed E-state index contributed by atoms with van der Waals surface area (Å²) in [5.41, 5.74) is 2.05. The predicted molar refractivity (Wildman–Crippen MR) is 119 cm³/mol. The molecule has 0 atom stereocenters. The lowest BCUT2D eigenvalue weighted by atomic mass is 9.96. The lowest BCUT2D eigenvalue weighted by Gasteiger charge is -2.38. The second-order valence-electron chi connectivity index (χ2n) is 7.75. The van der Waals surface area contributed by atoms with Gasteiger partial charge in [-0.05, 0) is 36.6 Å². The van der Waals surface area contributed by atoms with Gasteiger partial charge in [-0.2, -0.15) is 4.98 Å². The van der Waals surface area contributed by atoms with Gasteiger partial charge in [-0.1, -0.05) is 6.58 Å². The lowest BCUT2D eigenvalue weighted by molar-refractivity contribution is -0.132. The van der Waals surface area contributed by atoms with Crippen molar-refractivity contribution in [3.8, 4) is 0 Å². The van der Waals surface area contributed by atoms with Crippen molar-refractivity contribution in [1.82, 2.24) is 24.4 Å². The number of pyridine rings is 1. The molecule has 1 aliphatic rings. The standard InChI is InChI=1S/C22H20N6O4/c1-2-18(29)27-11-13(12-27)7-8-28-19(30)6-3-14-10-23-21(26-20(14)28)24-15-4-5-16-17(9-15)32-22(31)25-16/h2-6,9-10,13H,1,7-8,11-12H2,(H,25,31)(H,23,24,26). The molecule has 1 amide bonds. The number of oxazole rings is 1. The van der Waals surface area contributed by atoms with E-state index in [0.29, 0.717) is 53.9 Å². The van der Waals surface area contributed by atoms with E-state index in [4.69, 9.17) is 4.42 Å². The molecule has 4 heterocycles. The number of aromatic nitrogens is 4. The number of rotatable bonds is 6. The van der Waals surface area contributed by atoms with Crippen LogP contribution in [0.5, 0.6) is 0 Å². The first-order chi connectivity index (χ1) is 15.5.